The zero-order valence-corrected chi connectivity index (χ0v) is 23.0. The van der Waals surface area contributed by atoms with Gasteiger partial charge in [0.25, 0.3) is 0 Å². The molecule has 2 aromatic carbocycles. The van der Waals surface area contributed by atoms with Gasteiger partial charge in [-0.05, 0) is 73.7 Å². The first-order valence-electron chi connectivity index (χ1n) is 13.9. The minimum Gasteiger partial charge on any atom is -0.508 e. The molecule has 0 aliphatic carbocycles. The quantitative estimate of drug-likeness (QED) is 0.365. The lowest BCUT2D eigenvalue weighted by atomic mass is 9.89. The van der Waals surface area contributed by atoms with Crippen molar-refractivity contribution in [3.05, 3.63) is 65.7 Å². The number of ether oxygens (including phenoxy) is 2. The summed E-state index contributed by atoms with van der Waals surface area (Å²) >= 11 is 0. The number of aliphatic hydroxyl groups excluding tert-OH is 1. The van der Waals surface area contributed by atoms with Gasteiger partial charge in [-0.3, -0.25) is 0 Å². The average molecular weight is 542 g/mol. The van der Waals surface area contributed by atoms with E-state index in [0.717, 1.165) is 54.9 Å². The van der Waals surface area contributed by atoms with Gasteiger partial charge in [-0.1, -0.05) is 12.1 Å². The van der Waals surface area contributed by atoms with Crippen LogP contribution in [0.2, 0.25) is 0 Å². The van der Waals surface area contributed by atoms with Crippen molar-refractivity contribution >= 4 is 22.8 Å². The second-order valence-corrected chi connectivity index (χ2v) is 10.6. The summed E-state index contributed by atoms with van der Waals surface area (Å²) in [6, 6.07) is 17.5. The summed E-state index contributed by atoms with van der Waals surface area (Å²) in [7, 11) is 1.60. The first-order valence-corrected chi connectivity index (χ1v) is 13.9. The minimum absolute atomic E-state index is 0.117. The minimum atomic E-state index is -0.117. The highest BCUT2D eigenvalue weighted by Crippen LogP contribution is 2.35. The number of aliphatic hydroxyl groups is 1. The number of nitrogens with zero attached hydrogens (tertiary/aromatic N) is 5. The molecule has 0 unspecified atom stereocenters. The lowest BCUT2D eigenvalue weighted by molar-refractivity contribution is 0.0987. The summed E-state index contributed by atoms with van der Waals surface area (Å²) in [5.74, 6) is 2.92. The zero-order chi connectivity index (χ0) is 27.6. The summed E-state index contributed by atoms with van der Waals surface area (Å²) < 4.78 is 11.1. The fraction of sp³-hybridized carbons (Fsp3) is 0.387. The van der Waals surface area contributed by atoms with E-state index in [9.17, 15) is 10.2 Å². The van der Waals surface area contributed by atoms with Gasteiger partial charge in [-0.25, -0.2) is 4.98 Å². The van der Waals surface area contributed by atoms with E-state index >= 15 is 0 Å². The van der Waals surface area contributed by atoms with Gasteiger partial charge in [0.05, 0.1) is 44.1 Å². The van der Waals surface area contributed by atoms with E-state index in [2.05, 4.69) is 28.9 Å². The van der Waals surface area contributed by atoms with Crippen molar-refractivity contribution < 1.29 is 19.7 Å². The number of morpholine rings is 1. The van der Waals surface area contributed by atoms with Crippen LogP contribution in [0.15, 0.2) is 54.6 Å². The summed E-state index contributed by atoms with van der Waals surface area (Å²) in [6.07, 6.45) is 1.91. The molecule has 1 atom stereocenters. The molecule has 2 N–H and O–H groups in total. The van der Waals surface area contributed by atoms with E-state index in [1.54, 1.807) is 13.2 Å². The molecule has 6 rings (SSSR count). The summed E-state index contributed by atoms with van der Waals surface area (Å²) in [5, 5.41) is 20.7. The van der Waals surface area contributed by atoms with Crippen LogP contribution in [0.3, 0.4) is 0 Å². The van der Waals surface area contributed by atoms with Crippen molar-refractivity contribution in [1.82, 2.24) is 15.0 Å². The molecular weight excluding hydrogens is 506 g/mol. The summed E-state index contributed by atoms with van der Waals surface area (Å²) in [5.41, 5.74) is 4.20. The molecule has 2 fully saturated rings. The third-order valence-electron chi connectivity index (χ3n) is 8.03. The SMILES string of the molecule is COc1ccc(-c2ccc3c(N4CCOC[C@@H]4C)nc(N4CCC(c5cccc(O)c5)CC4)nc3n2)cc1CO. The maximum Gasteiger partial charge on any atom is 0.229 e. The van der Waals surface area contributed by atoms with Gasteiger partial charge in [0.2, 0.25) is 5.95 Å². The summed E-state index contributed by atoms with van der Waals surface area (Å²) in [4.78, 5) is 19.7. The van der Waals surface area contributed by atoms with Crippen LogP contribution in [0.1, 0.15) is 36.8 Å². The van der Waals surface area contributed by atoms with Crippen LogP contribution in [0.25, 0.3) is 22.3 Å². The lowest BCUT2D eigenvalue weighted by Gasteiger charge is -2.36. The molecule has 2 saturated heterocycles. The molecular formula is C31H35N5O4. The Hall–Kier alpha value is -3.95. The molecule has 40 heavy (non-hydrogen) atoms. The number of methoxy groups -OCH3 is 1. The Bertz CT molecular complexity index is 1500. The van der Waals surface area contributed by atoms with Crippen molar-refractivity contribution in [2.75, 3.05) is 49.8 Å². The molecule has 4 aromatic rings. The largest absolute Gasteiger partial charge is 0.508 e. The highest BCUT2D eigenvalue weighted by atomic mass is 16.5. The Kier molecular flexibility index (Phi) is 7.40. The molecule has 9 heteroatoms. The molecule has 0 saturated carbocycles. The second-order valence-electron chi connectivity index (χ2n) is 10.6. The number of hydrogen-bond acceptors (Lipinski definition) is 9. The number of phenols is 1. The monoisotopic (exact) mass is 541 g/mol. The standard InChI is InChI=1S/C31H35N5O4/c1-20-19-40-15-14-36(20)30-26-7-8-27(23-6-9-28(39-2)24(16-23)18-37)32-29(26)33-31(34-30)35-12-10-21(11-13-35)22-4-3-5-25(38)17-22/h3-9,16-17,20-21,37-38H,10-15,18-19H2,1-2H3/t20-/m0/s1. The predicted molar refractivity (Wildman–Crippen MR) is 155 cm³/mol. The molecule has 0 amide bonds. The Labute approximate surface area is 234 Å². The Morgan fingerprint density at radius 3 is 2.60 bits per heavy atom. The molecule has 2 aliphatic rings. The van der Waals surface area contributed by atoms with Crippen LogP contribution >= 0.6 is 0 Å². The van der Waals surface area contributed by atoms with E-state index in [0.29, 0.717) is 47.8 Å². The molecule has 0 radical (unpaired) electrons. The van der Waals surface area contributed by atoms with Crippen molar-refractivity contribution in [2.45, 2.75) is 38.3 Å². The molecule has 0 bridgehead atoms. The van der Waals surface area contributed by atoms with E-state index in [1.165, 1.54) is 5.56 Å². The van der Waals surface area contributed by atoms with Crippen molar-refractivity contribution in [1.29, 1.82) is 0 Å². The molecule has 208 valence electrons. The number of aromatic nitrogens is 3. The molecule has 2 aromatic heterocycles. The van der Waals surface area contributed by atoms with Gasteiger partial charge in [-0.15, -0.1) is 0 Å². The van der Waals surface area contributed by atoms with E-state index < -0.39 is 0 Å². The maximum atomic E-state index is 9.94. The van der Waals surface area contributed by atoms with Gasteiger partial charge in [0.1, 0.15) is 17.3 Å². The van der Waals surface area contributed by atoms with Gasteiger partial charge in [0, 0.05) is 30.8 Å². The smallest absolute Gasteiger partial charge is 0.229 e. The fourth-order valence-corrected chi connectivity index (χ4v) is 5.80. The zero-order valence-electron chi connectivity index (χ0n) is 23.0. The highest BCUT2D eigenvalue weighted by molar-refractivity contribution is 5.90. The molecule has 0 spiro atoms. The normalized spacial score (nSPS) is 18.3. The molecule has 9 nitrogen and oxygen atoms in total. The third kappa shape index (κ3) is 5.14. The van der Waals surface area contributed by atoms with Gasteiger partial charge in [0.15, 0.2) is 5.65 Å². The van der Waals surface area contributed by atoms with E-state index in [1.807, 2.05) is 36.4 Å². The Morgan fingerprint density at radius 2 is 1.85 bits per heavy atom. The highest BCUT2D eigenvalue weighted by Gasteiger charge is 2.27. The van der Waals surface area contributed by atoms with Gasteiger partial charge in [-0.2, -0.15) is 9.97 Å². The molecule has 2 aliphatic heterocycles. The number of piperidine rings is 1. The maximum absolute atomic E-state index is 9.94. The summed E-state index contributed by atoms with van der Waals surface area (Å²) in [6.45, 7) is 5.74. The number of pyridine rings is 1. The van der Waals surface area contributed by atoms with Crippen LogP contribution in [-0.4, -0.2) is 71.2 Å². The van der Waals surface area contributed by atoms with Crippen LogP contribution < -0.4 is 14.5 Å². The average Bonchev–Trinajstić information content (AvgIpc) is 3.00. The van der Waals surface area contributed by atoms with E-state index in [4.69, 9.17) is 24.4 Å². The lowest BCUT2D eigenvalue weighted by Crippen LogP contribution is -2.44. The second kappa shape index (κ2) is 11.3. The number of rotatable bonds is 6. The number of fused-ring (bicyclic) bond motifs is 1. The Balaban J connectivity index is 1.37. The van der Waals surface area contributed by atoms with Crippen molar-refractivity contribution in [3.8, 4) is 22.8 Å². The number of anilines is 2. The first kappa shape index (κ1) is 26.3. The van der Waals surface area contributed by atoms with Crippen LogP contribution in [-0.2, 0) is 11.3 Å². The number of aromatic hydroxyl groups is 1. The van der Waals surface area contributed by atoms with Gasteiger partial charge >= 0.3 is 0 Å². The molecule has 4 heterocycles. The third-order valence-corrected chi connectivity index (χ3v) is 8.03. The number of phenolic OH excluding ortho intramolecular Hbond substituents is 1. The van der Waals surface area contributed by atoms with Crippen LogP contribution in [0.5, 0.6) is 11.5 Å². The number of hydrogen-bond donors (Lipinski definition) is 2. The topological polar surface area (TPSA) is 104 Å². The number of benzene rings is 2. The van der Waals surface area contributed by atoms with Gasteiger partial charge < -0.3 is 29.5 Å². The Morgan fingerprint density at radius 1 is 1.00 bits per heavy atom. The predicted octanol–water partition coefficient (Wildman–Crippen LogP) is 4.51. The fourth-order valence-electron chi connectivity index (χ4n) is 5.80. The van der Waals surface area contributed by atoms with Crippen molar-refractivity contribution in [3.63, 3.8) is 0 Å². The van der Waals surface area contributed by atoms with Crippen molar-refractivity contribution in [2.24, 2.45) is 0 Å². The van der Waals surface area contributed by atoms with E-state index in [-0.39, 0.29) is 12.6 Å². The van der Waals surface area contributed by atoms with Crippen LogP contribution in [0, 0.1) is 0 Å². The van der Waals surface area contributed by atoms with Crippen LogP contribution in [0.4, 0.5) is 11.8 Å². The first-order chi connectivity index (χ1) is 19.5.